The first kappa shape index (κ1) is 22.2. The molecule has 0 saturated carbocycles. The van der Waals surface area contributed by atoms with Crippen molar-refractivity contribution >= 4 is 23.5 Å². The van der Waals surface area contributed by atoms with Crippen LogP contribution in [0.4, 0.5) is 0 Å². The fourth-order valence-corrected chi connectivity index (χ4v) is 3.83. The lowest BCUT2D eigenvalue weighted by molar-refractivity contribution is -0.138. The van der Waals surface area contributed by atoms with Crippen LogP contribution in [0.3, 0.4) is 0 Å². The van der Waals surface area contributed by atoms with Gasteiger partial charge >= 0.3 is 5.97 Å². The maximum atomic E-state index is 13.2. The maximum absolute atomic E-state index is 13.2. The van der Waals surface area contributed by atoms with Crippen LogP contribution in [-0.4, -0.2) is 44.2 Å². The molecule has 0 aliphatic carbocycles. The van der Waals surface area contributed by atoms with Crippen molar-refractivity contribution in [3.63, 3.8) is 0 Å². The second-order valence-electron chi connectivity index (χ2n) is 7.46. The number of carbonyl (C=O) groups excluding carboxylic acids is 1. The van der Waals surface area contributed by atoms with Crippen LogP contribution < -0.4 is 5.32 Å². The van der Waals surface area contributed by atoms with E-state index in [-0.39, 0.29) is 30.5 Å². The van der Waals surface area contributed by atoms with E-state index in [0.29, 0.717) is 10.7 Å². The van der Waals surface area contributed by atoms with Gasteiger partial charge in [0.15, 0.2) is 11.5 Å². The van der Waals surface area contributed by atoms with E-state index in [1.54, 1.807) is 24.3 Å². The molecule has 0 spiro atoms. The maximum Gasteiger partial charge on any atom is 0.306 e. The standard InChI is InChI=1S/C23H20ClN3O6/c24-16-7-4-8-17(9-16)27-20(28)10-18(26-27)22(31)25-23(12-21(29)30,19-13-32-14-33-19)11-15-5-2-1-3-6-15/h1-10,13,28H,11-12,14H2,(H,25,31)(H,29,30). The number of hydrogen-bond acceptors (Lipinski definition) is 6. The number of carbonyl (C=O) groups is 2. The molecule has 1 aliphatic rings. The zero-order valence-electron chi connectivity index (χ0n) is 17.3. The predicted molar refractivity (Wildman–Crippen MR) is 118 cm³/mol. The fourth-order valence-electron chi connectivity index (χ4n) is 3.64. The monoisotopic (exact) mass is 469 g/mol. The molecule has 2 heterocycles. The van der Waals surface area contributed by atoms with Gasteiger partial charge in [-0.05, 0) is 23.8 Å². The number of carboxylic acid groups (broad SMARTS) is 1. The topological polar surface area (TPSA) is 123 Å². The van der Waals surface area contributed by atoms with Crippen LogP contribution in [0.2, 0.25) is 5.02 Å². The van der Waals surface area contributed by atoms with Crippen LogP contribution in [0.1, 0.15) is 22.5 Å². The highest BCUT2D eigenvalue weighted by Gasteiger charge is 2.43. The molecule has 33 heavy (non-hydrogen) atoms. The van der Waals surface area contributed by atoms with Crippen LogP contribution in [0, 0.1) is 0 Å². The van der Waals surface area contributed by atoms with Gasteiger partial charge in [-0.1, -0.05) is 48.0 Å². The van der Waals surface area contributed by atoms with Crippen molar-refractivity contribution in [1.82, 2.24) is 15.1 Å². The van der Waals surface area contributed by atoms with Gasteiger partial charge in [0.1, 0.15) is 11.8 Å². The van der Waals surface area contributed by atoms with E-state index in [2.05, 4.69) is 10.4 Å². The zero-order valence-corrected chi connectivity index (χ0v) is 18.0. The summed E-state index contributed by atoms with van der Waals surface area (Å²) in [4.78, 5) is 25.0. The molecule has 1 aliphatic heterocycles. The molecule has 1 atom stereocenters. The number of nitrogens with zero attached hydrogens (tertiary/aromatic N) is 2. The van der Waals surface area contributed by atoms with Gasteiger partial charge in [-0.25, -0.2) is 4.68 Å². The quantitative estimate of drug-likeness (QED) is 0.462. The van der Waals surface area contributed by atoms with E-state index < -0.39 is 23.8 Å². The second-order valence-corrected chi connectivity index (χ2v) is 7.90. The van der Waals surface area contributed by atoms with Gasteiger partial charge in [0.2, 0.25) is 12.7 Å². The Labute approximate surface area is 193 Å². The fraction of sp³-hybridized carbons (Fsp3) is 0.174. The lowest BCUT2D eigenvalue weighted by Crippen LogP contribution is -2.53. The van der Waals surface area contributed by atoms with Crippen molar-refractivity contribution in [2.24, 2.45) is 0 Å². The van der Waals surface area contributed by atoms with E-state index in [9.17, 15) is 19.8 Å². The van der Waals surface area contributed by atoms with Crippen LogP contribution in [0.15, 0.2) is 72.7 Å². The third-order valence-corrected chi connectivity index (χ3v) is 5.31. The van der Waals surface area contributed by atoms with Gasteiger partial charge in [0, 0.05) is 17.5 Å². The number of benzene rings is 2. The van der Waals surface area contributed by atoms with E-state index in [1.165, 1.54) is 12.3 Å². The molecule has 2 aromatic carbocycles. The molecular formula is C23H20ClN3O6. The first-order chi connectivity index (χ1) is 15.9. The molecule has 1 unspecified atom stereocenters. The Morgan fingerprint density at radius 3 is 2.61 bits per heavy atom. The number of rotatable bonds is 8. The first-order valence-corrected chi connectivity index (χ1v) is 10.3. The molecule has 0 fully saturated rings. The van der Waals surface area contributed by atoms with Gasteiger partial charge in [0.25, 0.3) is 5.91 Å². The number of halogens is 1. The smallest absolute Gasteiger partial charge is 0.306 e. The van der Waals surface area contributed by atoms with Crippen molar-refractivity contribution in [2.45, 2.75) is 18.4 Å². The van der Waals surface area contributed by atoms with Gasteiger partial charge < -0.3 is 25.0 Å². The molecule has 1 amide bonds. The Morgan fingerprint density at radius 2 is 1.94 bits per heavy atom. The Morgan fingerprint density at radius 1 is 1.15 bits per heavy atom. The van der Waals surface area contributed by atoms with Gasteiger partial charge in [-0.3, -0.25) is 9.59 Å². The van der Waals surface area contributed by atoms with Crippen LogP contribution in [0.25, 0.3) is 5.69 Å². The average molecular weight is 470 g/mol. The molecule has 0 radical (unpaired) electrons. The molecule has 10 heteroatoms. The van der Waals surface area contributed by atoms with Gasteiger partial charge in [-0.15, -0.1) is 0 Å². The molecule has 4 rings (SSSR count). The van der Waals surface area contributed by atoms with Crippen molar-refractivity contribution in [3.05, 3.63) is 89.0 Å². The summed E-state index contributed by atoms with van der Waals surface area (Å²) >= 11 is 6.01. The zero-order chi connectivity index (χ0) is 23.4. The third-order valence-electron chi connectivity index (χ3n) is 5.08. The minimum atomic E-state index is -1.45. The van der Waals surface area contributed by atoms with Crippen LogP contribution in [0.5, 0.6) is 5.88 Å². The number of aliphatic carboxylic acids is 1. The summed E-state index contributed by atoms with van der Waals surface area (Å²) in [5, 5.41) is 27.4. The average Bonchev–Trinajstić information content (AvgIpc) is 3.44. The first-order valence-electron chi connectivity index (χ1n) is 9.94. The summed E-state index contributed by atoms with van der Waals surface area (Å²) in [5.41, 5.74) is -0.330. The van der Waals surface area contributed by atoms with E-state index >= 15 is 0 Å². The molecule has 9 nitrogen and oxygen atoms in total. The largest absolute Gasteiger partial charge is 0.493 e. The van der Waals surface area contributed by atoms with Crippen molar-refractivity contribution in [3.8, 4) is 11.6 Å². The predicted octanol–water partition coefficient (Wildman–Crippen LogP) is 3.26. The van der Waals surface area contributed by atoms with Crippen LogP contribution >= 0.6 is 11.6 Å². The summed E-state index contributed by atoms with van der Waals surface area (Å²) in [5.74, 6) is -1.94. The summed E-state index contributed by atoms with van der Waals surface area (Å²) in [6, 6.07) is 16.9. The van der Waals surface area contributed by atoms with Gasteiger partial charge in [0.05, 0.1) is 12.1 Å². The number of aromatic hydroxyl groups is 1. The van der Waals surface area contributed by atoms with Crippen molar-refractivity contribution in [1.29, 1.82) is 0 Å². The number of hydrogen-bond donors (Lipinski definition) is 3. The molecular weight excluding hydrogens is 450 g/mol. The molecule has 3 N–H and O–H groups in total. The second kappa shape index (κ2) is 9.25. The van der Waals surface area contributed by atoms with E-state index in [4.69, 9.17) is 21.1 Å². The lowest BCUT2D eigenvalue weighted by Gasteiger charge is -2.33. The molecule has 170 valence electrons. The minimum absolute atomic E-state index is 0.0917. The number of amides is 1. The number of ether oxygens (including phenoxy) is 2. The number of carboxylic acids is 1. The molecule has 0 saturated heterocycles. The highest BCUT2D eigenvalue weighted by molar-refractivity contribution is 6.30. The number of nitrogens with one attached hydrogen (secondary N) is 1. The summed E-state index contributed by atoms with van der Waals surface area (Å²) in [7, 11) is 0. The highest BCUT2D eigenvalue weighted by Crippen LogP contribution is 2.31. The summed E-state index contributed by atoms with van der Waals surface area (Å²) in [6.07, 6.45) is 0.958. The Balaban J connectivity index is 1.69. The molecule has 0 bridgehead atoms. The summed E-state index contributed by atoms with van der Waals surface area (Å²) in [6.45, 7) is -0.0917. The summed E-state index contributed by atoms with van der Waals surface area (Å²) < 4.78 is 11.8. The van der Waals surface area contributed by atoms with Crippen molar-refractivity contribution < 1.29 is 29.3 Å². The number of aromatic nitrogens is 2. The highest BCUT2D eigenvalue weighted by atomic mass is 35.5. The molecule has 3 aromatic rings. The SMILES string of the molecule is O=C(O)CC(Cc1ccccc1)(NC(=O)c1cc(O)n(-c2cccc(Cl)c2)n1)C1=COCO1. The Bertz CT molecular complexity index is 1210. The van der Waals surface area contributed by atoms with E-state index in [0.717, 1.165) is 10.2 Å². The normalized spacial score (nSPS) is 14.5. The molecule has 1 aromatic heterocycles. The van der Waals surface area contributed by atoms with Crippen molar-refractivity contribution in [2.75, 3.05) is 6.79 Å². The van der Waals surface area contributed by atoms with Crippen LogP contribution in [-0.2, 0) is 20.7 Å². The van der Waals surface area contributed by atoms with Gasteiger partial charge in [-0.2, -0.15) is 5.10 Å². The third kappa shape index (κ3) is 4.93. The Hall–Kier alpha value is -3.98. The van der Waals surface area contributed by atoms with E-state index in [1.807, 2.05) is 30.3 Å². The Kier molecular flexibility index (Phi) is 6.23. The minimum Gasteiger partial charge on any atom is -0.493 e. The lowest BCUT2D eigenvalue weighted by atomic mass is 9.85.